The van der Waals surface area contributed by atoms with E-state index in [2.05, 4.69) is 25.4 Å². The van der Waals surface area contributed by atoms with Crippen molar-refractivity contribution >= 4 is 5.95 Å². The minimum absolute atomic E-state index is 0.0229. The number of nitrogens with one attached hydrogen (secondary N) is 2. The molecule has 7 nitrogen and oxygen atoms in total. The lowest BCUT2D eigenvalue weighted by Crippen LogP contribution is -2.28. The van der Waals surface area contributed by atoms with Crippen LogP contribution in [0.15, 0.2) is 18.2 Å². The molecular weight excluding hydrogens is 258 g/mol. The van der Waals surface area contributed by atoms with Crippen molar-refractivity contribution < 1.29 is 10.2 Å². The van der Waals surface area contributed by atoms with Crippen molar-refractivity contribution in [2.75, 3.05) is 31.1 Å². The Labute approximate surface area is 116 Å². The van der Waals surface area contributed by atoms with Crippen LogP contribution in [0.4, 0.5) is 5.95 Å². The van der Waals surface area contributed by atoms with E-state index < -0.39 is 0 Å². The summed E-state index contributed by atoms with van der Waals surface area (Å²) in [6.07, 6.45) is 1.03. The highest BCUT2D eigenvalue weighted by Crippen LogP contribution is 2.35. The van der Waals surface area contributed by atoms with Gasteiger partial charge in [-0.15, -0.1) is 5.10 Å². The standard InChI is InChI=1S/C13H17N5O2/c19-9-3-1-4-10(20)11(9)12-15-13(17-16-12)18-7-2-5-14-6-8-18/h1,3-4,14,19-20H,2,5-8H2,(H,15,16,17). The molecule has 0 spiro atoms. The minimum atomic E-state index is -0.0229. The average molecular weight is 275 g/mol. The van der Waals surface area contributed by atoms with E-state index in [1.807, 2.05) is 0 Å². The lowest BCUT2D eigenvalue weighted by Gasteiger charge is -2.16. The number of aromatic hydroxyl groups is 2. The van der Waals surface area contributed by atoms with Crippen molar-refractivity contribution in [1.82, 2.24) is 20.5 Å². The number of hydrogen-bond acceptors (Lipinski definition) is 6. The SMILES string of the molecule is Oc1cccc(O)c1-c1nc(N2CCCNCC2)n[nH]1. The van der Waals surface area contributed by atoms with Crippen molar-refractivity contribution in [2.24, 2.45) is 0 Å². The third kappa shape index (κ3) is 2.39. The van der Waals surface area contributed by atoms with Crippen LogP contribution < -0.4 is 10.2 Å². The van der Waals surface area contributed by atoms with Crippen molar-refractivity contribution in [3.63, 3.8) is 0 Å². The van der Waals surface area contributed by atoms with Gasteiger partial charge in [-0.1, -0.05) is 6.07 Å². The molecule has 0 radical (unpaired) electrons. The van der Waals surface area contributed by atoms with Gasteiger partial charge in [0.05, 0.1) is 0 Å². The number of aromatic amines is 1. The van der Waals surface area contributed by atoms with Gasteiger partial charge in [0.25, 0.3) is 0 Å². The van der Waals surface area contributed by atoms with E-state index in [9.17, 15) is 10.2 Å². The molecule has 2 heterocycles. The smallest absolute Gasteiger partial charge is 0.245 e. The van der Waals surface area contributed by atoms with Gasteiger partial charge in [0.15, 0.2) is 5.82 Å². The van der Waals surface area contributed by atoms with E-state index in [-0.39, 0.29) is 17.1 Å². The second kappa shape index (κ2) is 5.38. The first-order valence-corrected chi connectivity index (χ1v) is 6.65. The van der Waals surface area contributed by atoms with Gasteiger partial charge in [0, 0.05) is 19.6 Å². The van der Waals surface area contributed by atoms with E-state index in [0.717, 1.165) is 32.6 Å². The van der Waals surface area contributed by atoms with Crippen molar-refractivity contribution in [3.8, 4) is 22.9 Å². The Morgan fingerprint density at radius 3 is 2.70 bits per heavy atom. The molecule has 0 amide bonds. The van der Waals surface area contributed by atoms with Crippen molar-refractivity contribution in [2.45, 2.75) is 6.42 Å². The van der Waals surface area contributed by atoms with Crippen LogP contribution in [-0.2, 0) is 0 Å². The number of hydrogen-bond donors (Lipinski definition) is 4. The average Bonchev–Trinajstić information content (AvgIpc) is 2.74. The number of phenolic OH excluding ortho intramolecular Hbond substituents is 2. The fourth-order valence-electron chi connectivity index (χ4n) is 2.32. The number of benzene rings is 1. The predicted octanol–water partition coefficient (Wildman–Crippen LogP) is 0.683. The van der Waals surface area contributed by atoms with Crippen LogP contribution in [-0.4, -0.2) is 51.6 Å². The second-order valence-corrected chi connectivity index (χ2v) is 4.75. The van der Waals surface area contributed by atoms with Crippen LogP contribution in [0.2, 0.25) is 0 Å². The Balaban J connectivity index is 1.90. The number of H-pyrrole nitrogens is 1. The maximum Gasteiger partial charge on any atom is 0.245 e. The Kier molecular flexibility index (Phi) is 3.42. The molecule has 0 atom stereocenters. The van der Waals surface area contributed by atoms with Gasteiger partial charge in [0.2, 0.25) is 5.95 Å². The first kappa shape index (κ1) is 12.7. The van der Waals surface area contributed by atoms with E-state index in [1.54, 1.807) is 6.07 Å². The summed E-state index contributed by atoms with van der Waals surface area (Å²) in [7, 11) is 0. The lowest BCUT2D eigenvalue weighted by molar-refractivity contribution is 0.453. The number of phenols is 2. The maximum atomic E-state index is 9.84. The molecule has 7 heteroatoms. The molecule has 1 aliphatic rings. The summed E-state index contributed by atoms with van der Waals surface area (Å²) in [6.45, 7) is 3.61. The number of anilines is 1. The molecule has 0 bridgehead atoms. The zero-order chi connectivity index (χ0) is 13.9. The molecule has 3 rings (SSSR count). The Bertz CT molecular complexity index is 570. The van der Waals surface area contributed by atoms with Gasteiger partial charge >= 0.3 is 0 Å². The summed E-state index contributed by atoms with van der Waals surface area (Å²) in [5.41, 5.74) is 0.277. The Morgan fingerprint density at radius 1 is 1.10 bits per heavy atom. The quantitative estimate of drug-likeness (QED) is 0.643. The Morgan fingerprint density at radius 2 is 1.90 bits per heavy atom. The summed E-state index contributed by atoms with van der Waals surface area (Å²) < 4.78 is 0. The Hall–Kier alpha value is -2.28. The summed E-state index contributed by atoms with van der Waals surface area (Å²) in [5.74, 6) is 0.912. The van der Waals surface area contributed by atoms with Crippen molar-refractivity contribution in [1.29, 1.82) is 0 Å². The molecule has 0 unspecified atom stereocenters. The van der Waals surface area contributed by atoms with Crippen molar-refractivity contribution in [3.05, 3.63) is 18.2 Å². The molecule has 2 aromatic rings. The second-order valence-electron chi connectivity index (χ2n) is 4.75. The molecule has 1 aromatic carbocycles. The van der Waals surface area contributed by atoms with E-state index in [0.29, 0.717) is 11.8 Å². The van der Waals surface area contributed by atoms with Crippen LogP contribution in [0, 0.1) is 0 Å². The topological polar surface area (TPSA) is 97.3 Å². The zero-order valence-electron chi connectivity index (χ0n) is 11.0. The normalized spacial score (nSPS) is 16.1. The molecule has 106 valence electrons. The molecule has 1 saturated heterocycles. The van der Waals surface area contributed by atoms with Gasteiger partial charge < -0.3 is 20.4 Å². The van der Waals surface area contributed by atoms with Gasteiger partial charge in [-0.3, -0.25) is 5.10 Å². The third-order valence-electron chi connectivity index (χ3n) is 3.35. The van der Waals surface area contributed by atoms with Crippen LogP contribution in [0.3, 0.4) is 0 Å². The van der Waals surface area contributed by atoms with Gasteiger partial charge in [-0.05, 0) is 25.1 Å². The highest BCUT2D eigenvalue weighted by atomic mass is 16.3. The predicted molar refractivity (Wildman–Crippen MR) is 74.8 cm³/mol. The minimum Gasteiger partial charge on any atom is -0.507 e. The van der Waals surface area contributed by atoms with Gasteiger partial charge in [-0.25, -0.2) is 0 Å². The maximum absolute atomic E-state index is 9.84. The summed E-state index contributed by atoms with van der Waals surface area (Å²) in [4.78, 5) is 6.46. The summed E-state index contributed by atoms with van der Waals surface area (Å²) in [6, 6.07) is 4.59. The molecule has 20 heavy (non-hydrogen) atoms. The molecule has 0 saturated carbocycles. The van der Waals surface area contributed by atoms with Crippen LogP contribution >= 0.6 is 0 Å². The highest BCUT2D eigenvalue weighted by molar-refractivity contribution is 5.71. The lowest BCUT2D eigenvalue weighted by atomic mass is 10.1. The number of nitrogens with zero attached hydrogens (tertiary/aromatic N) is 3. The van der Waals surface area contributed by atoms with E-state index in [4.69, 9.17) is 0 Å². The monoisotopic (exact) mass is 275 g/mol. The summed E-state index contributed by atoms with van der Waals surface area (Å²) in [5, 5.41) is 30.0. The summed E-state index contributed by atoms with van der Waals surface area (Å²) >= 11 is 0. The fraction of sp³-hybridized carbons (Fsp3) is 0.385. The number of aromatic nitrogens is 3. The van der Waals surface area contributed by atoms with Crippen LogP contribution in [0.1, 0.15) is 6.42 Å². The zero-order valence-corrected chi connectivity index (χ0v) is 11.0. The third-order valence-corrected chi connectivity index (χ3v) is 3.35. The number of rotatable bonds is 2. The van der Waals surface area contributed by atoms with Gasteiger partial charge in [0.1, 0.15) is 17.1 Å². The highest BCUT2D eigenvalue weighted by Gasteiger charge is 2.18. The molecule has 1 aromatic heterocycles. The van der Waals surface area contributed by atoms with Crippen LogP contribution in [0.25, 0.3) is 11.4 Å². The first-order chi connectivity index (χ1) is 9.75. The largest absolute Gasteiger partial charge is 0.507 e. The van der Waals surface area contributed by atoms with E-state index >= 15 is 0 Å². The molecule has 1 aliphatic heterocycles. The first-order valence-electron chi connectivity index (χ1n) is 6.65. The van der Waals surface area contributed by atoms with Crippen LogP contribution in [0.5, 0.6) is 11.5 Å². The fourth-order valence-corrected chi connectivity index (χ4v) is 2.32. The molecular formula is C13H17N5O2. The van der Waals surface area contributed by atoms with E-state index in [1.165, 1.54) is 12.1 Å². The molecule has 4 N–H and O–H groups in total. The van der Waals surface area contributed by atoms with Gasteiger partial charge in [-0.2, -0.15) is 4.98 Å². The molecule has 1 fully saturated rings. The molecule has 0 aliphatic carbocycles.